The minimum absolute atomic E-state index is 0.186. The molecule has 1 heterocycles. The van der Waals surface area contributed by atoms with Crippen LogP contribution in [-0.4, -0.2) is 10.1 Å². The van der Waals surface area contributed by atoms with E-state index in [-0.39, 0.29) is 16.0 Å². The van der Waals surface area contributed by atoms with Crippen molar-refractivity contribution in [3.8, 4) is 6.07 Å². The average Bonchev–Trinajstić information content (AvgIpc) is 2.98. The van der Waals surface area contributed by atoms with E-state index in [1.807, 2.05) is 20.8 Å². The Bertz CT molecular complexity index is 783. The number of allylic oxidation sites excluding steroid dienone is 1. The lowest BCUT2D eigenvalue weighted by atomic mass is 9.87. The summed E-state index contributed by atoms with van der Waals surface area (Å²) in [5.74, 6) is -2.60. The number of rotatable bonds is 4. The van der Waals surface area contributed by atoms with Gasteiger partial charge in [-0.05, 0) is 18.6 Å². The van der Waals surface area contributed by atoms with Gasteiger partial charge in [-0.15, -0.1) is 11.3 Å². The molecule has 0 bridgehead atoms. The van der Waals surface area contributed by atoms with Crippen molar-refractivity contribution in [1.29, 1.82) is 5.26 Å². The number of nitriles is 1. The highest BCUT2D eigenvalue weighted by Crippen LogP contribution is 2.33. The fourth-order valence-corrected chi connectivity index (χ4v) is 2.94. The van der Waals surface area contributed by atoms with Gasteiger partial charge in [-0.2, -0.15) is 5.26 Å². The Morgan fingerprint density at radius 3 is 2.48 bits per heavy atom. The molecule has 0 aliphatic carbocycles. The number of nitrogens with zero attached hydrogens (tertiary/aromatic N) is 2. The monoisotopic (exact) mass is 334 g/mol. The van der Waals surface area contributed by atoms with Gasteiger partial charge >= 0.3 is 0 Å². The summed E-state index contributed by atoms with van der Waals surface area (Å²) in [5, 5.41) is 21.6. The van der Waals surface area contributed by atoms with Crippen molar-refractivity contribution in [2.24, 2.45) is 0 Å². The van der Waals surface area contributed by atoms with Crippen LogP contribution in [0.15, 0.2) is 23.6 Å². The van der Waals surface area contributed by atoms with Crippen molar-refractivity contribution in [1.82, 2.24) is 4.98 Å². The van der Waals surface area contributed by atoms with E-state index in [1.165, 1.54) is 6.07 Å². The number of aromatic nitrogens is 1. The average molecular weight is 334 g/mol. The van der Waals surface area contributed by atoms with Gasteiger partial charge < -0.3 is 5.11 Å². The second-order valence-electron chi connectivity index (χ2n) is 5.71. The summed E-state index contributed by atoms with van der Waals surface area (Å²) in [6.07, 6.45) is 0.843. The maximum atomic E-state index is 13.8. The summed E-state index contributed by atoms with van der Waals surface area (Å²) >= 11 is 1.16. The molecule has 6 heteroatoms. The van der Waals surface area contributed by atoms with Crippen molar-refractivity contribution in [2.75, 3.05) is 0 Å². The topological polar surface area (TPSA) is 56.9 Å². The zero-order valence-corrected chi connectivity index (χ0v) is 13.8. The second-order valence-corrected chi connectivity index (χ2v) is 6.57. The lowest BCUT2D eigenvalue weighted by Crippen LogP contribution is -2.15. The zero-order valence-electron chi connectivity index (χ0n) is 13.0. The molecule has 0 amide bonds. The van der Waals surface area contributed by atoms with Crippen LogP contribution in [-0.2, 0) is 5.41 Å². The molecular weight excluding hydrogens is 318 g/mol. The Hall–Kier alpha value is -2.26. The number of hydrogen-bond acceptors (Lipinski definition) is 4. The van der Waals surface area contributed by atoms with Gasteiger partial charge in [0.05, 0.1) is 11.3 Å². The van der Waals surface area contributed by atoms with E-state index >= 15 is 0 Å². The van der Waals surface area contributed by atoms with Crippen LogP contribution in [0.5, 0.6) is 0 Å². The van der Waals surface area contributed by atoms with Crippen LogP contribution >= 0.6 is 11.3 Å². The summed E-state index contributed by atoms with van der Waals surface area (Å²) in [7, 11) is 0. The number of benzene rings is 1. The Morgan fingerprint density at radius 2 is 1.96 bits per heavy atom. The molecule has 2 rings (SSSR count). The van der Waals surface area contributed by atoms with Gasteiger partial charge in [-0.25, -0.2) is 13.8 Å². The summed E-state index contributed by atoms with van der Waals surface area (Å²) in [6.45, 7) is 6.04. The molecule has 0 radical (unpaired) electrons. The van der Waals surface area contributed by atoms with E-state index in [4.69, 9.17) is 0 Å². The van der Waals surface area contributed by atoms with Crippen LogP contribution in [0.2, 0.25) is 0 Å². The van der Waals surface area contributed by atoms with Crippen LogP contribution < -0.4 is 0 Å². The molecule has 23 heavy (non-hydrogen) atoms. The molecule has 2 aromatic rings. The van der Waals surface area contributed by atoms with Gasteiger partial charge in [-0.3, -0.25) is 0 Å². The third-order valence-electron chi connectivity index (χ3n) is 3.84. The molecule has 1 N–H and O–H groups in total. The first-order chi connectivity index (χ1) is 10.8. The first kappa shape index (κ1) is 17.1. The minimum Gasteiger partial charge on any atom is -0.506 e. The van der Waals surface area contributed by atoms with Gasteiger partial charge in [0.15, 0.2) is 0 Å². The summed E-state index contributed by atoms with van der Waals surface area (Å²) < 4.78 is 27.6. The lowest BCUT2D eigenvalue weighted by molar-refractivity contribution is 0.488. The molecule has 0 saturated carbocycles. The quantitative estimate of drug-likeness (QED) is 0.628. The summed E-state index contributed by atoms with van der Waals surface area (Å²) in [6, 6.07) is 5.04. The van der Waals surface area contributed by atoms with Crippen LogP contribution in [0.25, 0.3) is 11.3 Å². The van der Waals surface area contributed by atoms with Gasteiger partial charge in [0.2, 0.25) is 0 Å². The first-order valence-electron chi connectivity index (χ1n) is 7.06. The largest absolute Gasteiger partial charge is 0.506 e. The van der Waals surface area contributed by atoms with Crippen molar-refractivity contribution >= 4 is 22.7 Å². The molecule has 0 fully saturated rings. The van der Waals surface area contributed by atoms with Crippen molar-refractivity contribution in [3.63, 3.8) is 0 Å². The predicted octanol–water partition coefficient (Wildman–Crippen LogP) is 5.06. The molecule has 1 aromatic carbocycles. The molecule has 1 aromatic heterocycles. The Labute approximate surface area is 137 Å². The number of halogens is 2. The SMILES string of the molecule is CCC(C)(C)c1csc(/C(C#N)=C(\O)c2c(F)cccc2F)n1. The van der Waals surface area contributed by atoms with Gasteiger partial charge in [0.25, 0.3) is 0 Å². The molecule has 0 saturated heterocycles. The first-order valence-corrected chi connectivity index (χ1v) is 7.94. The normalized spacial score (nSPS) is 12.7. The van der Waals surface area contributed by atoms with Gasteiger partial charge in [0, 0.05) is 10.8 Å². The van der Waals surface area contributed by atoms with E-state index in [0.29, 0.717) is 0 Å². The molecule has 3 nitrogen and oxygen atoms in total. The van der Waals surface area contributed by atoms with Crippen LogP contribution in [0.3, 0.4) is 0 Å². The maximum absolute atomic E-state index is 13.8. The fourth-order valence-electron chi connectivity index (χ4n) is 1.93. The number of aliphatic hydroxyl groups is 1. The van der Waals surface area contributed by atoms with E-state index in [2.05, 4.69) is 4.98 Å². The Morgan fingerprint density at radius 1 is 1.35 bits per heavy atom. The Balaban J connectivity index is 2.58. The summed E-state index contributed by atoms with van der Waals surface area (Å²) in [4.78, 5) is 4.36. The van der Waals surface area contributed by atoms with Crippen LogP contribution in [0.4, 0.5) is 8.78 Å². The summed E-state index contributed by atoms with van der Waals surface area (Å²) in [5.41, 5.74) is -0.268. The smallest absolute Gasteiger partial charge is 0.149 e. The third kappa shape index (κ3) is 3.25. The molecule has 0 unspecified atom stereocenters. The highest BCUT2D eigenvalue weighted by atomic mass is 32.1. The fraction of sp³-hybridized carbons (Fsp3) is 0.294. The number of thiazole rings is 1. The minimum atomic E-state index is -0.930. The zero-order chi connectivity index (χ0) is 17.2. The number of aliphatic hydroxyl groups excluding tert-OH is 1. The molecule has 0 spiro atoms. The van der Waals surface area contributed by atoms with Crippen molar-refractivity contribution in [3.05, 3.63) is 51.5 Å². The molecular formula is C17H16F2N2OS. The maximum Gasteiger partial charge on any atom is 0.149 e. The third-order valence-corrected chi connectivity index (χ3v) is 4.70. The van der Waals surface area contributed by atoms with E-state index in [1.54, 1.807) is 11.4 Å². The highest BCUT2D eigenvalue weighted by Gasteiger charge is 2.25. The molecule has 120 valence electrons. The van der Waals surface area contributed by atoms with E-state index in [0.717, 1.165) is 35.6 Å². The van der Waals surface area contributed by atoms with Crippen molar-refractivity contribution < 1.29 is 13.9 Å². The standard InChI is InChI=1S/C17H16F2N2OS/c1-4-17(2,3)13-9-23-16(21-13)10(8-20)15(22)14-11(18)6-5-7-12(14)19/h5-7,9,22H,4H2,1-3H3/b15-10-. The van der Waals surface area contributed by atoms with E-state index in [9.17, 15) is 19.1 Å². The van der Waals surface area contributed by atoms with Crippen LogP contribution in [0.1, 0.15) is 43.5 Å². The van der Waals surface area contributed by atoms with E-state index < -0.39 is 23.0 Å². The van der Waals surface area contributed by atoms with Crippen LogP contribution in [0, 0.1) is 23.0 Å². The Kier molecular flexibility index (Phi) is 4.81. The lowest BCUT2D eigenvalue weighted by Gasteiger charge is -2.19. The van der Waals surface area contributed by atoms with Gasteiger partial charge in [0.1, 0.15) is 34.0 Å². The number of hydrogen-bond donors (Lipinski definition) is 1. The molecule has 0 atom stereocenters. The molecule has 0 aliphatic rings. The molecule has 0 aliphatic heterocycles. The predicted molar refractivity (Wildman–Crippen MR) is 86.8 cm³/mol. The van der Waals surface area contributed by atoms with Gasteiger partial charge in [-0.1, -0.05) is 26.8 Å². The van der Waals surface area contributed by atoms with Crippen molar-refractivity contribution in [2.45, 2.75) is 32.6 Å². The second kappa shape index (κ2) is 6.47. The highest BCUT2D eigenvalue weighted by molar-refractivity contribution is 7.11.